The van der Waals surface area contributed by atoms with Gasteiger partial charge in [0, 0.05) is 6.54 Å². The van der Waals surface area contributed by atoms with Gasteiger partial charge in [0.15, 0.2) is 0 Å². The standard InChI is InChI=1S/C18H23NO2S/c1-12-2-4-17(5-3-12)22(20,21)19-11-18(19)15-7-13-6-14(9-15)10-16(18)8-13/h2-5,13-16H,6-11H2,1H3. The van der Waals surface area contributed by atoms with E-state index in [1.807, 2.05) is 23.4 Å². The lowest BCUT2D eigenvalue weighted by Crippen LogP contribution is -2.53. The molecule has 1 heterocycles. The molecule has 4 heteroatoms. The zero-order valence-corrected chi connectivity index (χ0v) is 13.8. The minimum absolute atomic E-state index is 0.00284. The van der Waals surface area contributed by atoms with E-state index in [4.69, 9.17) is 0 Å². The summed E-state index contributed by atoms with van der Waals surface area (Å²) in [7, 11) is -3.30. The third-order valence-electron chi connectivity index (χ3n) is 6.92. The first-order valence-electron chi connectivity index (χ1n) is 8.59. The summed E-state index contributed by atoms with van der Waals surface area (Å²) in [6, 6.07) is 7.35. The van der Waals surface area contributed by atoms with Crippen LogP contribution in [0.2, 0.25) is 0 Å². The van der Waals surface area contributed by atoms with Crippen molar-refractivity contribution >= 4 is 10.0 Å². The molecule has 118 valence electrons. The average molecular weight is 317 g/mol. The van der Waals surface area contributed by atoms with Gasteiger partial charge < -0.3 is 0 Å². The molecule has 0 N–H and O–H groups in total. The molecule has 4 aliphatic carbocycles. The highest BCUT2D eigenvalue weighted by Crippen LogP contribution is 2.66. The molecule has 4 bridgehead atoms. The van der Waals surface area contributed by atoms with Crippen LogP contribution in [-0.4, -0.2) is 24.8 Å². The zero-order valence-electron chi connectivity index (χ0n) is 13.0. The van der Waals surface area contributed by atoms with E-state index in [0.717, 1.165) is 23.9 Å². The molecule has 1 aromatic carbocycles. The van der Waals surface area contributed by atoms with Crippen LogP contribution in [0.3, 0.4) is 0 Å². The first-order chi connectivity index (χ1) is 10.5. The molecule has 5 aliphatic rings. The van der Waals surface area contributed by atoms with Crippen molar-refractivity contribution < 1.29 is 8.42 Å². The summed E-state index contributed by atoms with van der Waals surface area (Å²) in [4.78, 5) is 0.476. The SMILES string of the molecule is Cc1ccc(S(=O)(=O)N2CC23C2CC4CC(C2)CC3C4)cc1. The Morgan fingerprint density at radius 2 is 1.50 bits per heavy atom. The molecule has 3 nitrogen and oxygen atoms in total. The van der Waals surface area contributed by atoms with Crippen LogP contribution < -0.4 is 0 Å². The topological polar surface area (TPSA) is 37.1 Å². The minimum atomic E-state index is -3.30. The Bertz CT molecular complexity index is 694. The first-order valence-corrected chi connectivity index (χ1v) is 10.0. The Labute approximate surface area is 132 Å². The van der Waals surface area contributed by atoms with Crippen molar-refractivity contribution in [2.75, 3.05) is 6.54 Å². The quantitative estimate of drug-likeness (QED) is 0.786. The van der Waals surface area contributed by atoms with Crippen molar-refractivity contribution in [3.8, 4) is 0 Å². The molecule has 5 fully saturated rings. The molecule has 0 amide bonds. The van der Waals surface area contributed by atoms with E-state index in [2.05, 4.69) is 0 Å². The maximum atomic E-state index is 13.0. The molecule has 1 unspecified atom stereocenters. The summed E-state index contributed by atoms with van der Waals surface area (Å²) in [5, 5.41) is 0. The molecule has 1 atom stereocenters. The third kappa shape index (κ3) is 1.63. The molecule has 1 saturated heterocycles. The van der Waals surface area contributed by atoms with Gasteiger partial charge >= 0.3 is 0 Å². The second-order valence-electron chi connectivity index (χ2n) is 8.12. The Morgan fingerprint density at radius 1 is 0.955 bits per heavy atom. The van der Waals surface area contributed by atoms with Crippen molar-refractivity contribution in [3.05, 3.63) is 29.8 Å². The first kappa shape index (κ1) is 13.6. The highest BCUT2D eigenvalue weighted by Gasteiger charge is 2.71. The van der Waals surface area contributed by atoms with Crippen LogP contribution in [0.4, 0.5) is 0 Å². The fourth-order valence-electron chi connectivity index (χ4n) is 6.01. The van der Waals surface area contributed by atoms with E-state index in [0.29, 0.717) is 16.7 Å². The van der Waals surface area contributed by atoms with Gasteiger partial charge in [-0.1, -0.05) is 17.7 Å². The maximum Gasteiger partial charge on any atom is 0.243 e. The molecule has 0 aromatic heterocycles. The van der Waals surface area contributed by atoms with Crippen LogP contribution >= 0.6 is 0 Å². The molecule has 1 aliphatic heterocycles. The van der Waals surface area contributed by atoms with Crippen LogP contribution in [0.15, 0.2) is 29.2 Å². The molecule has 22 heavy (non-hydrogen) atoms. The predicted octanol–water partition coefficient (Wildman–Crippen LogP) is 3.19. The van der Waals surface area contributed by atoms with Crippen LogP contribution in [0.5, 0.6) is 0 Å². The summed E-state index contributed by atoms with van der Waals surface area (Å²) in [6.07, 6.45) is 6.49. The number of nitrogens with zero attached hydrogens (tertiary/aromatic N) is 1. The van der Waals surface area contributed by atoms with Gasteiger partial charge in [0.2, 0.25) is 10.0 Å². The minimum Gasteiger partial charge on any atom is -0.207 e. The van der Waals surface area contributed by atoms with Crippen molar-refractivity contribution in [3.63, 3.8) is 0 Å². The third-order valence-corrected chi connectivity index (χ3v) is 8.84. The van der Waals surface area contributed by atoms with E-state index < -0.39 is 10.0 Å². The smallest absolute Gasteiger partial charge is 0.207 e. The Balaban J connectivity index is 1.50. The van der Waals surface area contributed by atoms with Crippen LogP contribution in [0.25, 0.3) is 0 Å². The second kappa shape index (κ2) is 4.15. The van der Waals surface area contributed by atoms with E-state index in [-0.39, 0.29) is 5.54 Å². The Kier molecular flexibility index (Phi) is 2.56. The van der Waals surface area contributed by atoms with E-state index >= 15 is 0 Å². The van der Waals surface area contributed by atoms with E-state index in [1.165, 1.54) is 32.1 Å². The zero-order chi connectivity index (χ0) is 15.1. The second-order valence-corrected chi connectivity index (χ2v) is 9.98. The number of hydrogen-bond donors (Lipinski definition) is 0. The highest BCUT2D eigenvalue weighted by atomic mass is 32.2. The van der Waals surface area contributed by atoms with Crippen LogP contribution in [0, 0.1) is 30.6 Å². The fraction of sp³-hybridized carbons (Fsp3) is 0.667. The van der Waals surface area contributed by atoms with Crippen molar-refractivity contribution in [1.82, 2.24) is 4.31 Å². The lowest BCUT2D eigenvalue weighted by atomic mass is 9.51. The molecule has 0 radical (unpaired) electrons. The van der Waals surface area contributed by atoms with Gasteiger partial charge in [0.1, 0.15) is 0 Å². The van der Waals surface area contributed by atoms with Gasteiger partial charge in [-0.05, 0) is 74.8 Å². The summed E-state index contributed by atoms with van der Waals surface area (Å²) < 4.78 is 27.9. The number of aryl methyl sites for hydroxylation is 1. The summed E-state index contributed by atoms with van der Waals surface area (Å²) in [6.45, 7) is 2.77. The van der Waals surface area contributed by atoms with Gasteiger partial charge in [-0.25, -0.2) is 8.42 Å². The normalized spacial score (nSPS) is 45.4. The maximum absolute atomic E-state index is 13.0. The van der Waals surface area contributed by atoms with Crippen molar-refractivity contribution in [1.29, 1.82) is 0 Å². The van der Waals surface area contributed by atoms with Crippen molar-refractivity contribution in [2.24, 2.45) is 23.7 Å². The van der Waals surface area contributed by atoms with Crippen LogP contribution in [0.1, 0.15) is 37.7 Å². The molecular formula is C18H23NO2S. The number of benzene rings is 1. The molecule has 1 spiro atoms. The summed E-state index contributed by atoms with van der Waals surface area (Å²) in [5.41, 5.74) is 1.10. The average Bonchev–Trinajstić information content (AvgIpc) is 3.22. The Morgan fingerprint density at radius 3 is 2.05 bits per heavy atom. The Hall–Kier alpha value is -0.870. The summed E-state index contributed by atoms with van der Waals surface area (Å²) in [5.74, 6) is 3.03. The van der Waals surface area contributed by atoms with Gasteiger partial charge in [-0.15, -0.1) is 0 Å². The van der Waals surface area contributed by atoms with Gasteiger partial charge in [-0.3, -0.25) is 0 Å². The fourth-order valence-corrected chi connectivity index (χ4v) is 7.86. The largest absolute Gasteiger partial charge is 0.243 e. The van der Waals surface area contributed by atoms with Gasteiger partial charge in [0.25, 0.3) is 0 Å². The highest BCUT2D eigenvalue weighted by molar-refractivity contribution is 7.89. The lowest BCUT2D eigenvalue weighted by molar-refractivity contribution is -0.0250. The lowest BCUT2D eigenvalue weighted by Gasteiger charge is -2.55. The van der Waals surface area contributed by atoms with Crippen LogP contribution in [-0.2, 0) is 10.0 Å². The summed E-state index contributed by atoms with van der Waals surface area (Å²) >= 11 is 0. The van der Waals surface area contributed by atoms with Gasteiger partial charge in [0.05, 0.1) is 10.4 Å². The molecule has 4 saturated carbocycles. The molecule has 6 rings (SSSR count). The number of hydrogen-bond acceptors (Lipinski definition) is 2. The predicted molar refractivity (Wildman–Crippen MR) is 84.8 cm³/mol. The van der Waals surface area contributed by atoms with Gasteiger partial charge in [-0.2, -0.15) is 4.31 Å². The molecular weight excluding hydrogens is 294 g/mol. The van der Waals surface area contributed by atoms with E-state index in [9.17, 15) is 8.42 Å². The van der Waals surface area contributed by atoms with Crippen molar-refractivity contribution in [2.45, 2.75) is 49.5 Å². The van der Waals surface area contributed by atoms with E-state index in [1.54, 1.807) is 12.1 Å². The monoisotopic (exact) mass is 317 g/mol. The number of sulfonamides is 1. The number of rotatable bonds is 2. The molecule has 1 aromatic rings.